The first-order valence-electron chi connectivity index (χ1n) is 6.12. The Morgan fingerprint density at radius 2 is 2.00 bits per heavy atom. The molecule has 1 aromatic heterocycles. The zero-order chi connectivity index (χ0) is 15.0. The van der Waals surface area contributed by atoms with Crippen LogP contribution in [0.25, 0.3) is 0 Å². The molecule has 110 valence electrons. The van der Waals surface area contributed by atoms with Crippen molar-refractivity contribution in [2.24, 2.45) is 5.84 Å². The lowest BCUT2D eigenvalue weighted by atomic mass is 10.2. The molecule has 0 unspecified atom stereocenters. The summed E-state index contributed by atoms with van der Waals surface area (Å²) in [4.78, 5) is 7.49. The Labute approximate surface area is 120 Å². The minimum Gasteiger partial charge on any atom is -0.292 e. The predicted molar refractivity (Wildman–Crippen MR) is 74.5 cm³/mol. The van der Waals surface area contributed by atoms with Crippen LogP contribution in [0.2, 0.25) is 0 Å². The fourth-order valence-corrected chi connectivity index (χ4v) is 3.61. The molecule has 0 spiro atoms. The minimum atomic E-state index is -3.82. The van der Waals surface area contributed by atoms with Gasteiger partial charge in [-0.1, -0.05) is 6.07 Å². The molecule has 3 rings (SSSR count). The second-order valence-corrected chi connectivity index (χ2v) is 6.35. The van der Waals surface area contributed by atoms with Crippen LogP contribution in [-0.4, -0.2) is 24.9 Å². The van der Waals surface area contributed by atoms with Gasteiger partial charge in [0.2, 0.25) is 5.95 Å². The van der Waals surface area contributed by atoms with Crippen LogP contribution >= 0.6 is 0 Å². The van der Waals surface area contributed by atoms with Crippen LogP contribution in [0.1, 0.15) is 5.56 Å². The van der Waals surface area contributed by atoms with Crippen molar-refractivity contribution in [3.05, 3.63) is 42.0 Å². The van der Waals surface area contributed by atoms with Gasteiger partial charge in [0, 0.05) is 6.54 Å². The van der Waals surface area contributed by atoms with Gasteiger partial charge in [0.25, 0.3) is 10.0 Å². The third-order valence-corrected chi connectivity index (χ3v) is 5.01. The van der Waals surface area contributed by atoms with Gasteiger partial charge in [-0.25, -0.2) is 28.6 Å². The van der Waals surface area contributed by atoms with E-state index in [1.54, 1.807) is 6.07 Å². The maximum absolute atomic E-state index is 13.4. The molecule has 1 aliphatic rings. The standard InChI is InChI=1S/C12H12FN5O2S/c13-9-2-1-8-3-4-18(11(8)5-9)21(19,20)10-6-15-12(17-14)16-7-10/h1-2,5-7H,3-4,14H2,(H,15,16,17). The first-order chi connectivity index (χ1) is 10.0. The van der Waals surface area contributed by atoms with Crippen LogP contribution in [0.5, 0.6) is 0 Å². The normalized spacial score (nSPS) is 14.1. The van der Waals surface area contributed by atoms with E-state index in [1.807, 2.05) is 0 Å². The van der Waals surface area contributed by atoms with Crippen LogP contribution in [0.4, 0.5) is 16.0 Å². The number of nitrogens with one attached hydrogen (secondary N) is 1. The van der Waals surface area contributed by atoms with Crippen LogP contribution in [0, 0.1) is 5.82 Å². The van der Waals surface area contributed by atoms with Crippen molar-refractivity contribution in [1.29, 1.82) is 0 Å². The molecule has 0 saturated carbocycles. The molecule has 0 fully saturated rings. The molecule has 7 nitrogen and oxygen atoms in total. The molecule has 2 aromatic rings. The highest BCUT2D eigenvalue weighted by Crippen LogP contribution is 2.33. The van der Waals surface area contributed by atoms with Gasteiger partial charge in [-0.15, -0.1) is 0 Å². The summed E-state index contributed by atoms with van der Waals surface area (Å²) in [5.41, 5.74) is 3.37. The third-order valence-electron chi connectivity index (χ3n) is 3.25. The summed E-state index contributed by atoms with van der Waals surface area (Å²) in [7, 11) is -3.82. The predicted octanol–water partition coefficient (Wildman–Crippen LogP) is 0.653. The van der Waals surface area contributed by atoms with E-state index in [4.69, 9.17) is 5.84 Å². The fourth-order valence-electron chi connectivity index (χ4n) is 2.22. The van der Waals surface area contributed by atoms with E-state index in [2.05, 4.69) is 15.4 Å². The van der Waals surface area contributed by atoms with Crippen molar-refractivity contribution >= 4 is 21.7 Å². The molecule has 0 saturated heterocycles. The summed E-state index contributed by atoms with van der Waals surface area (Å²) >= 11 is 0. The van der Waals surface area contributed by atoms with Crippen molar-refractivity contribution < 1.29 is 12.8 Å². The number of hydrogen-bond acceptors (Lipinski definition) is 6. The van der Waals surface area contributed by atoms with E-state index in [0.717, 1.165) is 18.0 Å². The number of sulfonamides is 1. The summed E-state index contributed by atoms with van der Waals surface area (Å²) in [6.07, 6.45) is 2.86. The maximum atomic E-state index is 13.4. The number of hydrogen-bond donors (Lipinski definition) is 2. The molecule has 2 heterocycles. The molecule has 1 aliphatic heterocycles. The van der Waals surface area contributed by atoms with E-state index in [0.29, 0.717) is 12.1 Å². The van der Waals surface area contributed by atoms with Gasteiger partial charge >= 0.3 is 0 Å². The molecule has 21 heavy (non-hydrogen) atoms. The topological polar surface area (TPSA) is 101 Å². The van der Waals surface area contributed by atoms with Crippen LogP contribution < -0.4 is 15.6 Å². The number of anilines is 2. The Morgan fingerprint density at radius 3 is 2.67 bits per heavy atom. The zero-order valence-electron chi connectivity index (χ0n) is 10.8. The number of rotatable bonds is 3. The van der Waals surface area contributed by atoms with Crippen molar-refractivity contribution in [3.63, 3.8) is 0 Å². The molecule has 3 N–H and O–H groups in total. The summed E-state index contributed by atoms with van der Waals surface area (Å²) in [6.45, 7) is 0.262. The summed E-state index contributed by atoms with van der Waals surface area (Å²) in [5.74, 6) is 4.77. The van der Waals surface area contributed by atoms with E-state index < -0.39 is 15.8 Å². The number of halogens is 1. The molecule has 0 bridgehead atoms. The average Bonchev–Trinajstić information content (AvgIpc) is 2.91. The quantitative estimate of drug-likeness (QED) is 0.638. The number of aromatic nitrogens is 2. The zero-order valence-corrected chi connectivity index (χ0v) is 11.6. The Bertz CT molecular complexity index is 779. The number of nitrogen functional groups attached to an aromatic ring is 1. The number of nitrogens with two attached hydrogens (primary N) is 1. The Hall–Kier alpha value is -2.26. The van der Waals surface area contributed by atoms with Gasteiger partial charge in [0.15, 0.2) is 0 Å². The Kier molecular flexibility index (Phi) is 3.22. The van der Waals surface area contributed by atoms with Gasteiger partial charge in [0.05, 0.1) is 18.1 Å². The molecule has 9 heteroatoms. The first-order valence-corrected chi connectivity index (χ1v) is 7.56. The number of hydrazine groups is 1. The number of nitrogens with zero attached hydrogens (tertiary/aromatic N) is 3. The smallest absolute Gasteiger partial charge is 0.267 e. The third kappa shape index (κ3) is 2.30. The lowest BCUT2D eigenvalue weighted by Gasteiger charge is -2.19. The number of fused-ring (bicyclic) bond motifs is 1. The molecule has 0 amide bonds. The largest absolute Gasteiger partial charge is 0.292 e. The molecule has 0 radical (unpaired) electrons. The lowest BCUT2D eigenvalue weighted by Crippen LogP contribution is -2.29. The van der Waals surface area contributed by atoms with Gasteiger partial charge < -0.3 is 0 Å². The molecule has 0 aliphatic carbocycles. The second-order valence-electron chi connectivity index (χ2n) is 4.49. The highest BCUT2D eigenvalue weighted by Gasteiger charge is 2.31. The van der Waals surface area contributed by atoms with E-state index in [1.165, 1.54) is 16.4 Å². The molecule has 1 aromatic carbocycles. The summed E-state index contributed by atoms with van der Waals surface area (Å²) in [5, 5.41) is 0. The van der Waals surface area contributed by atoms with E-state index in [-0.39, 0.29) is 17.4 Å². The van der Waals surface area contributed by atoms with Gasteiger partial charge in [-0.2, -0.15) is 0 Å². The average molecular weight is 309 g/mol. The van der Waals surface area contributed by atoms with Crippen molar-refractivity contribution in [2.75, 3.05) is 16.3 Å². The van der Waals surface area contributed by atoms with E-state index >= 15 is 0 Å². The monoisotopic (exact) mass is 309 g/mol. The first kappa shape index (κ1) is 13.7. The Balaban J connectivity index is 2.02. The molecular formula is C12H12FN5O2S. The fraction of sp³-hybridized carbons (Fsp3) is 0.167. The maximum Gasteiger partial charge on any atom is 0.267 e. The van der Waals surface area contributed by atoms with Crippen molar-refractivity contribution in [2.45, 2.75) is 11.3 Å². The lowest BCUT2D eigenvalue weighted by molar-refractivity contribution is 0.591. The summed E-state index contributed by atoms with van der Waals surface area (Å²) < 4.78 is 39.7. The van der Waals surface area contributed by atoms with Crippen LogP contribution in [-0.2, 0) is 16.4 Å². The SMILES string of the molecule is NNc1ncc(S(=O)(=O)N2CCc3ccc(F)cc32)cn1. The van der Waals surface area contributed by atoms with Gasteiger partial charge in [-0.3, -0.25) is 9.73 Å². The minimum absolute atomic E-state index is 0.0707. The highest BCUT2D eigenvalue weighted by atomic mass is 32.2. The highest BCUT2D eigenvalue weighted by molar-refractivity contribution is 7.92. The molecule has 0 atom stereocenters. The Morgan fingerprint density at radius 1 is 1.29 bits per heavy atom. The second kappa shape index (κ2) is 4.93. The van der Waals surface area contributed by atoms with Crippen LogP contribution in [0.15, 0.2) is 35.5 Å². The van der Waals surface area contributed by atoms with Crippen LogP contribution in [0.3, 0.4) is 0 Å². The van der Waals surface area contributed by atoms with Crippen molar-refractivity contribution in [1.82, 2.24) is 9.97 Å². The summed E-state index contributed by atoms with van der Waals surface area (Å²) in [6, 6.07) is 4.13. The van der Waals surface area contributed by atoms with E-state index in [9.17, 15) is 12.8 Å². The van der Waals surface area contributed by atoms with Gasteiger partial charge in [0.1, 0.15) is 10.7 Å². The van der Waals surface area contributed by atoms with Gasteiger partial charge in [-0.05, 0) is 24.1 Å². The van der Waals surface area contributed by atoms with Crippen molar-refractivity contribution in [3.8, 4) is 0 Å². The number of benzene rings is 1. The molecular weight excluding hydrogens is 297 g/mol.